The summed E-state index contributed by atoms with van der Waals surface area (Å²) in [6.07, 6.45) is 17.6. The molecule has 2 atom stereocenters. The van der Waals surface area contributed by atoms with E-state index in [1.165, 1.54) is 70.6 Å². The maximum absolute atomic E-state index is 12.0. The molecule has 29 heavy (non-hydrogen) atoms. The monoisotopic (exact) mass is 403 g/mol. The number of hydrogen-bond donors (Lipinski definition) is 3. The average molecular weight is 404 g/mol. The van der Waals surface area contributed by atoms with Gasteiger partial charge in [0.2, 0.25) is 0 Å². The fourth-order valence-electron chi connectivity index (χ4n) is 3.76. The summed E-state index contributed by atoms with van der Waals surface area (Å²) in [5.41, 5.74) is 13.1. The van der Waals surface area contributed by atoms with Gasteiger partial charge < -0.3 is 16.8 Å². The van der Waals surface area contributed by atoms with Gasteiger partial charge in [0.1, 0.15) is 0 Å². The van der Waals surface area contributed by atoms with Gasteiger partial charge in [-0.15, -0.1) is 0 Å². The highest BCUT2D eigenvalue weighted by Gasteiger charge is 2.10. The number of nitrogens with one attached hydrogen (secondary N) is 1. The van der Waals surface area contributed by atoms with Gasteiger partial charge in [-0.2, -0.15) is 0 Å². The summed E-state index contributed by atoms with van der Waals surface area (Å²) in [5, 5.41) is 2.93. The smallest absolute Gasteiger partial charge is 0.251 e. The lowest BCUT2D eigenvalue weighted by molar-refractivity contribution is 0.0952. The Kier molecular flexibility index (Phi) is 15.4. The number of nitrogens with two attached hydrogens (primary N) is 2. The normalized spacial score (nSPS) is 13.2. The lowest BCUT2D eigenvalue weighted by atomic mass is 9.99. The summed E-state index contributed by atoms with van der Waals surface area (Å²) < 4.78 is 0. The highest BCUT2D eigenvalue weighted by molar-refractivity contribution is 5.94. The third kappa shape index (κ3) is 14.3. The maximum atomic E-state index is 12.0. The molecule has 4 nitrogen and oxygen atoms in total. The third-order valence-corrected chi connectivity index (χ3v) is 5.62. The number of benzene rings is 1. The molecule has 1 aromatic carbocycles. The van der Waals surface area contributed by atoms with E-state index in [9.17, 15) is 4.79 Å². The molecule has 166 valence electrons. The molecule has 0 saturated heterocycles. The van der Waals surface area contributed by atoms with Crippen molar-refractivity contribution in [1.29, 1.82) is 0 Å². The molecule has 5 N–H and O–H groups in total. The fourth-order valence-corrected chi connectivity index (χ4v) is 3.76. The Morgan fingerprint density at radius 1 is 0.793 bits per heavy atom. The van der Waals surface area contributed by atoms with E-state index >= 15 is 0 Å². The lowest BCUT2D eigenvalue weighted by Crippen LogP contribution is -2.35. The fraction of sp³-hybridized carbons (Fsp3) is 0.720. The van der Waals surface area contributed by atoms with Gasteiger partial charge in [-0.25, -0.2) is 0 Å². The van der Waals surface area contributed by atoms with Crippen LogP contribution in [0.25, 0.3) is 0 Å². The Labute approximate surface area is 179 Å². The van der Waals surface area contributed by atoms with E-state index in [0.717, 1.165) is 19.3 Å². The molecule has 0 aromatic heterocycles. The molecule has 1 aromatic rings. The number of amides is 1. The Hall–Kier alpha value is -1.39. The van der Waals surface area contributed by atoms with Crippen LogP contribution in [-0.2, 0) is 0 Å². The summed E-state index contributed by atoms with van der Waals surface area (Å²) in [4.78, 5) is 12.0. The van der Waals surface area contributed by atoms with Gasteiger partial charge in [-0.05, 0) is 31.4 Å². The minimum atomic E-state index is -0.0388. The van der Waals surface area contributed by atoms with E-state index in [2.05, 4.69) is 12.2 Å². The van der Waals surface area contributed by atoms with Gasteiger partial charge in [-0.3, -0.25) is 4.79 Å². The second-order valence-corrected chi connectivity index (χ2v) is 8.49. The van der Waals surface area contributed by atoms with Crippen LogP contribution in [0.4, 0.5) is 0 Å². The van der Waals surface area contributed by atoms with Crippen LogP contribution < -0.4 is 16.8 Å². The Morgan fingerprint density at radius 3 is 1.90 bits per heavy atom. The average Bonchev–Trinajstić information content (AvgIpc) is 2.72. The maximum Gasteiger partial charge on any atom is 0.251 e. The first kappa shape index (κ1) is 25.6. The molecule has 0 heterocycles. The van der Waals surface area contributed by atoms with Crippen molar-refractivity contribution in [3.63, 3.8) is 0 Å². The second-order valence-electron chi connectivity index (χ2n) is 8.49. The number of hydrogen-bond acceptors (Lipinski definition) is 3. The zero-order valence-electron chi connectivity index (χ0n) is 18.7. The number of rotatable bonds is 18. The summed E-state index contributed by atoms with van der Waals surface area (Å²) in [5.74, 6) is -0.0388. The molecular weight excluding hydrogens is 358 g/mol. The first-order valence-corrected chi connectivity index (χ1v) is 12.0. The molecule has 1 amide bonds. The van der Waals surface area contributed by atoms with Gasteiger partial charge in [0.15, 0.2) is 0 Å². The topological polar surface area (TPSA) is 81.1 Å². The summed E-state index contributed by atoms with van der Waals surface area (Å²) in [6, 6.07) is 9.51. The molecule has 0 bridgehead atoms. The minimum absolute atomic E-state index is 0.0388. The van der Waals surface area contributed by atoms with E-state index < -0.39 is 0 Å². The molecule has 2 unspecified atom stereocenters. The predicted octanol–water partition coefficient (Wildman–Crippen LogP) is 5.55. The predicted molar refractivity (Wildman–Crippen MR) is 125 cm³/mol. The lowest BCUT2D eigenvalue weighted by Gasteiger charge is -2.17. The van der Waals surface area contributed by atoms with Crippen LogP contribution >= 0.6 is 0 Å². The number of carbonyl (C=O) groups is 1. The van der Waals surface area contributed by atoms with Gasteiger partial charge in [-0.1, -0.05) is 95.8 Å². The Bertz CT molecular complexity index is 506. The Balaban J connectivity index is 1.93. The Morgan fingerprint density at radius 2 is 1.31 bits per heavy atom. The van der Waals surface area contributed by atoms with E-state index in [-0.39, 0.29) is 18.0 Å². The zero-order chi connectivity index (χ0) is 21.2. The highest BCUT2D eigenvalue weighted by atomic mass is 16.1. The van der Waals surface area contributed by atoms with Crippen LogP contribution in [0, 0.1) is 0 Å². The molecule has 0 aliphatic rings. The van der Waals surface area contributed by atoms with E-state index in [1.54, 1.807) is 0 Å². The van der Waals surface area contributed by atoms with Crippen LogP contribution in [0.3, 0.4) is 0 Å². The minimum Gasteiger partial charge on any atom is -0.352 e. The number of carbonyl (C=O) groups excluding carboxylic acids is 1. The van der Waals surface area contributed by atoms with Crippen molar-refractivity contribution in [2.24, 2.45) is 11.5 Å². The largest absolute Gasteiger partial charge is 0.352 e. The van der Waals surface area contributed by atoms with Crippen molar-refractivity contribution in [3.8, 4) is 0 Å². The van der Waals surface area contributed by atoms with Crippen LogP contribution in [0.15, 0.2) is 30.3 Å². The third-order valence-electron chi connectivity index (χ3n) is 5.62. The molecule has 4 heteroatoms. The van der Waals surface area contributed by atoms with Gasteiger partial charge in [0.05, 0.1) is 0 Å². The molecule has 0 radical (unpaired) electrons. The van der Waals surface area contributed by atoms with E-state index in [4.69, 9.17) is 11.5 Å². The highest BCUT2D eigenvalue weighted by Crippen LogP contribution is 2.13. The van der Waals surface area contributed by atoms with Crippen LogP contribution in [0.1, 0.15) is 107 Å². The molecule has 1 rings (SSSR count). The molecule has 0 spiro atoms. The second kappa shape index (κ2) is 17.5. The number of unbranched alkanes of at least 4 members (excludes halogenated alkanes) is 10. The van der Waals surface area contributed by atoms with Crippen molar-refractivity contribution in [2.75, 3.05) is 6.54 Å². The van der Waals surface area contributed by atoms with Crippen LogP contribution in [0.2, 0.25) is 0 Å². The molecule has 0 aliphatic heterocycles. The molecule has 0 aliphatic carbocycles. The van der Waals surface area contributed by atoms with Crippen molar-refractivity contribution in [1.82, 2.24) is 5.32 Å². The van der Waals surface area contributed by atoms with Gasteiger partial charge in [0, 0.05) is 24.2 Å². The van der Waals surface area contributed by atoms with Gasteiger partial charge >= 0.3 is 0 Å². The van der Waals surface area contributed by atoms with Crippen molar-refractivity contribution in [2.45, 2.75) is 109 Å². The standard InChI is InChI=1S/C25H45N3O/c1-2-3-4-5-6-7-8-9-10-11-15-18-23(26)21-24(27)19-20-28-25(29)22-16-13-12-14-17-22/h12-14,16-17,23-24H,2-11,15,18-21,26-27H2,1H3,(H,28,29). The molecule has 0 fully saturated rings. The van der Waals surface area contributed by atoms with Crippen molar-refractivity contribution >= 4 is 5.91 Å². The van der Waals surface area contributed by atoms with Gasteiger partial charge in [0.25, 0.3) is 5.91 Å². The van der Waals surface area contributed by atoms with E-state index in [1.807, 2.05) is 30.3 Å². The molecule has 0 saturated carbocycles. The summed E-state index contributed by atoms with van der Waals surface area (Å²) in [6.45, 7) is 2.87. The summed E-state index contributed by atoms with van der Waals surface area (Å²) in [7, 11) is 0. The first-order valence-electron chi connectivity index (χ1n) is 12.0. The molecular formula is C25H45N3O. The van der Waals surface area contributed by atoms with Crippen LogP contribution in [0.5, 0.6) is 0 Å². The quantitative estimate of drug-likeness (QED) is 0.281. The van der Waals surface area contributed by atoms with Crippen LogP contribution in [-0.4, -0.2) is 24.5 Å². The van der Waals surface area contributed by atoms with Crippen molar-refractivity contribution in [3.05, 3.63) is 35.9 Å². The zero-order valence-corrected chi connectivity index (χ0v) is 18.7. The SMILES string of the molecule is CCCCCCCCCCCCCC(N)CC(N)CCNC(=O)c1ccccc1. The first-order chi connectivity index (χ1) is 14.1. The van der Waals surface area contributed by atoms with E-state index in [0.29, 0.717) is 12.1 Å². The van der Waals surface area contributed by atoms with Crippen molar-refractivity contribution < 1.29 is 4.79 Å². The summed E-state index contributed by atoms with van der Waals surface area (Å²) >= 11 is 0.